The number of carbonyl (C=O) groups excluding carboxylic acids is 1. The van der Waals surface area contributed by atoms with Gasteiger partial charge >= 0.3 is 0 Å². The van der Waals surface area contributed by atoms with Gasteiger partial charge in [0, 0.05) is 7.05 Å². The van der Waals surface area contributed by atoms with Gasteiger partial charge in [0.05, 0.1) is 6.42 Å². The molecule has 0 atom stereocenters. The first-order valence-electron chi connectivity index (χ1n) is 8.93. The number of rotatable bonds is 4. The molecule has 1 amide bonds. The number of nitrogens with one attached hydrogen (secondary N) is 1. The maximum atomic E-state index is 13.8. The van der Waals surface area contributed by atoms with E-state index in [4.69, 9.17) is 0 Å². The van der Waals surface area contributed by atoms with Gasteiger partial charge in [0.15, 0.2) is 0 Å². The van der Waals surface area contributed by atoms with E-state index >= 15 is 0 Å². The number of amides is 1. The van der Waals surface area contributed by atoms with Crippen LogP contribution in [0.5, 0.6) is 0 Å². The Morgan fingerprint density at radius 2 is 1.81 bits per heavy atom. The van der Waals surface area contributed by atoms with Crippen molar-refractivity contribution in [1.82, 2.24) is 5.32 Å². The fraction of sp³-hybridized carbons (Fsp3) is 0.261. The van der Waals surface area contributed by atoms with Crippen LogP contribution in [0.1, 0.15) is 55.4 Å². The topological polar surface area (TPSA) is 29.1 Å². The average Bonchev–Trinajstić information content (AvgIpc) is 2.87. The fourth-order valence-corrected chi connectivity index (χ4v) is 3.37. The zero-order chi connectivity index (χ0) is 18.8. The summed E-state index contributed by atoms with van der Waals surface area (Å²) in [5, 5.41) is 2.65. The maximum Gasteiger partial charge on any atom is 0.224 e. The summed E-state index contributed by atoms with van der Waals surface area (Å²) < 4.78 is 13.8. The fourth-order valence-electron chi connectivity index (χ4n) is 3.37. The summed E-state index contributed by atoms with van der Waals surface area (Å²) in [5.41, 5.74) is 7.17. The molecule has 0 unspecified atom stereocenters. The lowest BCUT2D eigenvalue weighted by Gasteiger charge is -2.07. The van der Waals surface area contributed by atoms with Crippen molar-refractivity contribution in [3.05, 3.63) is 76.1 Å². The van der Waals surface area contributed by atoms with Crippen LogP contribution in [0.25, 0.3) is 17.2 Å². The third-order valence-electron chi connectivity index (χ3n) is 4.98. The molecule has 2 nitrogen and oxygen atoms in total. The molecule has 0 spiro atoms. The van der Waals surface area contributed by atoms with Gasteiger partial charge in [0.2, 0.25) is 5.91 Å². The van der Waals surface area contributed by atoms with Crippen LogP contribution < -0.4 is 5.32 Å². The third kappa shape index (κ3) is 3.48. The molecule has 3 heteroatoms. The summed E-state index contributed by atoms with van der Waals surface area (Å²) >= 11 is 0. The van der Waals surface area contributed by atoms with Gasteiger partial charge in [0.25, 0.3) is 0 Å². The average molecular weight is 349 g/mol. The third-order valence-corrected chi connectivity index (χ3v) is 4.98. The molecule has 1 N–H and O–H groups in total. The van der Waals surface area contributed by atoms with Crippen molar-refractivity contribution in [2.45, 2.75) is 33.1 Å². The van der Waals surface area contributed by atoms with Gasteiger partial charge in [-0.25, -0.2) is 4.39 Å². The first-order valence-corrected chi connectivity index (χ1v) is 8.93. The van der Waals surface area contributed by atoms with E-state index in [1.54, 1.807) is 13.1 Å². The number of allylic oxidation sites excluding steroid dienone is 2. The molecule has 2 aromatic rings. The van der Waals surface area contributed by atoms with Crippen LogP contribution in [0.15, 0.2) is 48.0 Å². The summed E-state index contributed by atoms with van der Waals surface area (Å²) in [7, 11) is 1.62. The molecule has 1 aliphatic carbocycles. The first-order chi connectivity index (χ1) is 12.4. The highest BCUT2D eigenvalue weighted by Gasteiger charge is 2.25. The Morgan fingerprint density at radius 1 is 1.12 bits per heavy atom. The van der Waals surface area contributed by atoms with Crippen LogP contribution in [-0.2, 0) is 4.79 Å². The maximum absolute atomic E-state index is 13.8. The molecule has 2 aromatic carbocycles. The lowest BCUT2D eigenvalue weighted by atomic mass is 9.98. The van der Waals surface area contributed by atoms with Crippen LogP contribution in [0.3, 0.4) is 0 Å². The van der Waals surface area contributed by atoms with Gasteiger partial charge < -0.3 is 5.32 Å². The molecular formula is C23H24FNO. The monoisotopic (exact) mass is 349 g/mol. The van der Waals surface area contributed by atoms with E-state index in [0.717, 1.165) is 33.4 Å². The van der Waals surface area contributed by atoms with Crippen LogP contribution in [0.2, 0.25) is 0 Å². The molecule has 1 aliphatic rings. The number of fused-ring (bicyclic) bond motifs is 1. The van der Waals surface area contributed by atoms with E-state index in [1.165, 1.54) is 17.7 Å². The largest absolute Gasteiger partial charge is 0.359 e. The molecule has 0 radical (unpaired) electrons. The van der Waals surface area contributed by atoms with E-state index in [2.05, 4.69) is 49.5 Å². The van der Waals surface area contributed by atoms with E-state index < -0.39 is 0 Å². The molecule has 0 saturated heterocycles. The molecule has 26 heavy (non-hydrogen) atoms. The molecule has 0 fully saturated rings. The van der Waals surface area contributed by atoms with E-state index in [1.807, 2.05) is 6.92 Å². The molecule has 0 saturated carbocycles. The Kier molecular flexibility index (Phi) is 5.08. The Morgan fingerprint density at radius 3 is 2.42 bits per heavy atom. The predicted molar refractivity (Wildman–Crippen MR) is 106 cm³/mol. The second-order valence-corrected chi connectivity index (χ2v) is 7.02. The molecule has 0 bridgehead atoms. The highest BCUT2D eigenvalue weighted by molar-refractivity contribution is 6.08. The van der Waals surface area contributed by atoms with Gasteiger partial charge in [0.1, 0.15) is 5.82 Å². The second-order valence-electron chi connectivity index (χ2n) is 7.02. The van der Waals surface area contributed by atoms with Crippen LogP contribution in [0, 0.1) is 5.82 Å². The number of hydrogen-bond donors (Lipinski definition) is 1. The second kappa shape index (κ2) is 7.28. The van der Waals surface area contributed by atoms with Gasteiger partial charge in [-0.1, -0.05) is 44.2 Å². The Bertz CT molecular complexity index is 904. The van der Waals surface area contributed by atoms with Crippen molar-refractivity contribution in [2.24, 2.45) is 0 Å². The van der Waals surface area contributed by atoms with E-state index in [0.29, 0.717) is 5.92 Å². The first kappa shape index (κ1) is 18.1. The summed E-state index contributed by atoms with van der Waals surface area (Å²) in [6.45, 7) is 6.35. The zero-order valence-electron chi connectivity index (χ0n) is 15.7. The van der Waals surface area contributed by atoms with Crippen LogP contribution in [0.4, 0.5) is 4.39 Å². The Labute approximate surface area is 154 Å². The SMILES string of the molecule is CNC(=O)CC1=C(C)/C(=C\c2ccc(C(C)C)cc2)c2ccc(F)cc21. The highest BCUT2D eigenvalue weighted by Crippen LogP contribution is 2.43. The minimum absolute atomic E-state index is 0.0721. The van der Waals surface area contributed by atoms with Gasteiger partial charge in [-0.2, -0.15) is 0 Å². The van der Waals surface area contributed by atoms with Crippen LogP contribution in [-0.4, -0.2) is 13.0 Å². The zero-order valence-corrected chi connectivity index (χ0v) is 15.7. The van der Waals surface area contributed by atoms with Crippen molar-refractivity contribution in [3.8, 4) is 0 Å². The quantitative estimate of drug-likeness (QED) is 0.785. The number of halogens is 1. The minimum Gasteiger partial charge on any atom is -0.359 e. The molecule has 3 rings (SSSR count). The van der Waals surface area contributed by atoms with Crippen LogP contribution >= 0.6 is 0 Å². The number of carbonyl (C=O) groups is 1. The van der Waals surface area contributed by atoms with Gasteiger partial charge in [-0.05, 0) is 70.0 Å². The summed E-state index contributed by atoms with van der Waals surface area (Å²) in [6.07, 6.45) is 2.37. The lowest BCUT2D eigenvalue weighted by Crippen LogP contribution is -2.17. The molecule has 134 valence electrons. The van der Waals surface area contributed by atoms with Gasteiger partial charge in [-0.15, -0.1) is 0 Å². The molecular weight excluding hydrogens is 325 g/mol. The van der Waals surface area contributed by atoms with Crippen molar-refractivity contribution >= 4 is 23.1 Å². The predicted octanol–water partition coefficient (Wildman–Crippen LogP) is 5.41. The lowest BCUT2D eigenvalue weighted by molar-refractivity contribution is -0.119. The number of benzene rings is 2. The van der Waals surface area contributed by atoms with E-state index in [-0.39, 0.29) is 18.1 Å². The smallest absolute Gasteiger partial charge is 0.224 e. The summed E-state index contributed by atoms with van der Waals surface area (Å²) in [5.74, 6) is 0.137. The number of hydrogen-bond acceptors (Lipinski definition) is 1. The van der Waals surface area contributed by atoms with Crippen molar-refractivity contribution in [3.63, 3.8) is 0 Å². The Hall–Kier alpha value is -2.68. The normalized spacial score (nSPS) is 14.9. The summed E-state index contributed by atoms with van der Waals surface area (Å²) in [6, 6.07) is 13.3. The standard InChI is InChI=1S/C23H24FNO/c1-14(2)17-7-5-16(6-8-17)11-20-15(3)21(13-23(26)25-4)22-12-18(24)9-10-19(20)22/h5-12,14H,13H2,1-4H3,(H,25,26)/b20-11+. The molecule has 0 heterocycles. The molecule has 0 aliphatic heterocycles. The minimum atomic E-state index is -0.284. The Balaban J connectivity index is 2.07. The van der Waals surface area contributed by atoms with Crippen molar-refractivity contribution in [1.29, 1.82) is 0 Å². The highest BCUT2D eigenvalue weighted by atomic mass is 19.1. The van der Waals surface area contributed by atoms with Gasteiger partial charge in [-0.3, -0.25) is 4.79 Å². The van der Waals surface area contributed by atoms with E-state index in [9.17, 15) is 9.18 Å². The van der Waals surface area contributed by atoms with Crippen molar-refractivity contribution in [2.75, 3.05) is 7.05 Å². The van der Waals surface area contributed by atoms with Crippen molar-refractivity contribution < 1.29 is 9.18 Å². The molecule has 0 aromatic heterocycles. The summed E-state index contributed by atoms with van der Waals surface area (Å²) in [4.78, 5) is 11.9.